The fourth-order valence-corrected chi connectivity index (χ4v) is 2.83. The van der Waals surface area contributed by atoms with Crippen molar-refractivity contribution in [3.8, 4) is 0 Å². The van der Waals surface area contributed by atoms with Crippen molar-refractivity contribution in [2.45, 2.75) is 4.90 Å². The maximum Gasteiger partial charge on any atom is 0.267 e. The zero-order valence-electron chi connectivity index (χ0n) is 8.83. The number of hydrogen-bond donors (Lipinski definition) is 0. The van der Waals surface area contributed by atoms with Crippen molar-refractivity contribution < 1.29 is 13.2 Å². The minimum Gasteiger partial charge on any atom is -0.383 e. The van der Waals surface area contributed by atoms with Gasteiger partial charge in [0.1, 0.15) is 11.2 Å². The van der Waals surface area contributed by atoms with E-state index in [1.165, 1.54) is 17.8 Å². The number of nitrogens with zero attached hydrogens (tertiary/aromatic N) is 2. The average molecular weight is 240 g/mol. The quantitative estimate of drug-likeness (QED) is 0.791. The second-order valence-corrected chi connectivity index (χ2v) is 5.18. The third kappa shape index (κ3) is 1.81. The van der Waals surface area contributed by atoms with Crippen molar-refractivity contribution >= 4 is 22.0 Å². The molecule has 1 heterocycles. The summed E-state index contributed by atoms with van der Waals surface area (Å²) < 4.78 is 30.2. The first-order valence-electron chi connectivity index (χ1n) is 4.80. The van der Waals surface area contributed by atoms with Gasteiger partial charge in [-0.05, 0) is 12.1 Å². The molecule has 0 atom stereocenters. The van der Waals surface area contributed by atoms with E-state index in [2.05, 4.69) is 4.99 Å². The van der Waals surface area contributed by atoms with Gasteiger partial charge in [0.2, 0.25) is 0 Å². The molecule has 0 bridgehead atoms. The smallest absolute Gasteiger partial charge is 0.267 e. The van der Waals surface area contributed by atoms with Crippen LogP contribution in [0.5, 0.6) is 0 Å². The number of ether oxygens (including phenoxy) is 1. The van der Waals surface area contributed by atoms with E-state index >= 15 is 0 Å². The van der Waals surface area contributed by atoms with Crippen LogP contribution in [0.4, 0.5) is 5.69 Å². The van der Waals surface area contributed by atoms with Gasteiger partial charge in [0.05, 0.1) is 18.8 Å². The van der Waals surface area contributed by atoms with Crippen molar-refractivity contribution in [2.24, 2.45) is 4.99 Å². The van der Waals surface area contributed by atoms with Crippen LogP contribution in [-0.4, -0.2) is 39.3 Å². The van der Waals surface area contributed by atoms with Crippen LogP contribution in [0.2, 0.25) is 0 Å². The fraction of sp³-hybridized carbons (Fsp3) is 0.300. The van der Waals surface area contributed by atoms with E-state index in [9.17, 15) is 8.42 Å². The summed E-state index contributed by atoms with van der Waals surface area (Å²) in [6.07, 6.45) is 1.33. The highest BCUT2D eigenvalue weighted by atomic mass is 32.2. The van der Waals surface area contributed by atoms with Crippen LogP contribution in [0.25, 0.3) is 0 Å². The Hall–Kier alpha value is -1.40. The summed E-state index contributed by atoms with van der Waals surface area (Å²) in [4.78, 5) is 4.33. The lowest BCUT2D eigenvalue weighted by Crippen LogP contribution is -2.34. The van der Waals surface area contributed by atoms with Crippen LogP contribution in [0.3, 0.4) is 0 Å². The summed E-state index contributed by atoms with van der Waals surface area (Å²) in [6.45, 7) is 0.615. The molecule has 0 aliphatic carbocycles. The number of fused-ring (bicyclic) bond motifs is 1. The first-order chi connectivity index (χ1) is 7.66. The molecule has 0 fully saturated rings. The average Bonchev–Trinajstić information content (AvgIpc) is 2.28. The monoisotopic (exact) mass is 240 g/mol. The maximum absolute atomic E-state index is 12.1. The van der Waals surface area contributed by atoms with Crippen molar-refractivity contribution in [2.75, 3.05) is 20.3 Å². The fourth-order valence-electron chi connectivity index (χ4n) is 1.46. The standard InChI is InChI=1S/C10H12N2O3S/c1-15-7-6-12-8-11-9-4-2-3-5-10(9)16(12,13)14/h2-5,8H,6-7H2,1H3. The van der Waals surface area contributed by atoms with E-state index in [0.717, 1.165) is 0 Å². The van der Waals surface area contributed by atoms with Crippen LogP contribution < -0.4 is 0 Å². The minimum absolute atomic E-state index is 0.244. The summed E-state index contributed by atoms with van der Waals surface area (Å²) in [7, 11) is -1.92. The van der Waals surface area contributed by atoms with Gasteiger partial charge in [-0.2, -0.15) is 0 Å². The molecular formula is C10H12N2O3S. The van der Waals surface area contributed by atoms with Crippen molar-refractivity contribution in [1.82, 2.24) is 4.31 Å². The van der Waals surface area contributed by atoms with Crippen LogP contribution >= 0.6 is 0 Å². The van der Waals surface area contributed by atoms with E-state index in [0.29, 0.717) is 12.3 Å². The lowest BCUT2D eigenvalue weighted by molar-refractivity contribution is 0.192. The molecule has 0 amide bonds. The normalized spacial score (nSPS) is 17.2. The van der Waals surface area contributed by atoms with Gasteiger partial charge in [-0.1, -0.05) is 12.1 Å². The Bertz CT molecular complexity index is 511. The maximum atomic E-state index is 12.1. The Morgan fingerprint density at radius 3 is 2.88 bits per heavy atom. The van der Waals surface area contributed by atoms with E-state index in [1.807, 2.05) is 0 Å². The highest BCUT2D eigenvalue weighted by molar-refractivity contribution is 7.89. The lowest BCUT2D eigenvalue weighted by Gasteiger charge is -2.23. The van der Waals surface area contributed by atoms with Crippen LogP contribution in [-0.2, 0) is 14.8 Å². The van der Waals surface area contributed by atoms with Gasteiger partial charge in [-0.25, -0.2) is 13.4 Å². The van der Waals surface area contributed by atoms with Crippen molar-refractivity contribution in [1.29, 1.82) is 0 Å². The number of aliphatic imine (C=N–C) groups is 1. The Labute approximate surface area is 94.4 Å². The van der Waals surface area contributed by atoms with Gasteiger partial charge < -0.3 is 4.74 Å². The van der Waals surface area contributed by atoms with Crippen LogP contribution in [0.1, 0.15) is 0 Å². The molecule has 6 heteroatoms. The molecule has 0 saturated carbocycles. The number of hydrogen-bond acceptors (Lipinski definition) is 4. The molecule has 0 saturated heterocycles. The second kappa shape index (κ2) is 4.23. The topological polar surface area (TPSA) is 59.0 Å². The summed E-state index contributed by atoms with van der Waals surface area (Å²) in [5.74, 6) is 0. The lowest BCUT2D eigenvalue weighted by atomic mass is 10.3. The predicted molar refractivity (Wildman–Crippen MR) is 60.4 cm³/mol. The summed E-state index contributed by atoms with van der Waals surface area (Å²) in [5.41, 5.74) is 0.483. The number of rotatable bonds is 3. The number of methoxy groups -OCH3 is 1. The van der Waals surface area contributed by atoms with Gasteiger partial charge in [0.25, 0.3) is 10.0 Å². The van der Waals surface area contributed by atoms with E-state index in [4.69, 9.17) is 4.74 Å². The molecule has 5 nitrogen and oxygen atoms in total. The molecule has 2 rings (SSSR count). The minimum atomic E-state index is -3.45. The van der Waals surface area contributed by atoms with E-state index in [1.54, 1.807) is 24.3 Å². The van der Waals surface area contributed by atoms with E-state index < -0.39 is 10.0 Å². The molecule has 1 aromatic rings. The largest absolute Gasteiger partial charge is 0.383 e. The van der Waals surface area contributed by atoms with Crippen molar-refractivity contribution in [3.05, 3.63) is 24.3 Å². The van der Waals surface area contributed by atoms with Crippen LogP contribution in [0.15, 0.2) is 34.2 Å². The molecule has 86 valence electrons. The molecule has 0 aromatic heterocycles. The molecule has 1 aliphatic heterocycles. The zero-order chi connectivity index (χ0) is 11.6. The second-order valence-electron chi connectivity index (χ2n) is 3.32. The number of sulfonamides is 1. The Kier molecular flexibility index (Phi) is 2.93. The highest BCUT2D eigenvalue weighted by Crippen LogP contribution is 2.29. The molecule has 0 unspecified atom stereocenters. The first kappa shape index (κ1) is 11.1. The summed E-state index contributed by atoms with van der Waals surface area (Å²) in [5, 5.41) is 0. The molecule has 0 spiro atoms. The molecule has 1 aromatic carbocycles. The van der Waals surface area contributed by atoms with Crippen molar-refractivity contribution in [3.63, 3.8) is 0 Å². The highest BCUT2D eigenvalue weighted by Gasteiger charge is 2.27. The Morgan fingerprint density at radius 2 is 2.12 bits per heavy atom. The Morgan fingerprint density at radius 1 is 1.38 bits per heavy atom. The molecule has 0 N–H and O–H groups in total. The summed E-state index contributed by atoms with van der Waals surface area (Å²) in [6, 6.07) is 6.68. The summed E-state index contributed by atoms with van der Waals surface area (Å²) >= 11 is 0. The SMILES string of the molecule is COCCN1C=Nc2ccccc2S1(=O)=O. The van der Waals surface area contributed by atoms with E-state index in [-0.39, 0.29) is 11.4 Å². The third-order valence-corrected chi connectivity index (χ3v) is 4.09. The first-order valence-corrected chi connectivity index (χ1v) is 6.24. The Balaban J connectivity index is 2.39. The number of benzene rings is 1. The van der Waals surface area contributed by atoms with Crippen LogP contribution in [0, 0.1) is 0 Å². The van der Waals surface area contributed by atoms with Gasteiger partial charge in [0.15, 0.2) is 0 Å². The molecular weight excluding hydrogens is 228 g/mol. The molecule has 1 aliphatic rings. The van der Waals surface area contributed by atoms with Gasteiger partial charge in [-0.3, -0.25) is 4.31 Å². The molecule has 0 radical (unpaired) electrons. The van der Waals surface area contributed by atoms with Gasteiger partial charge in [-0.15, -0.1) is 0 Å². The van der Waals surface area contributed by atoms with Gasteiger partial charge >= 0.3 is 0 Å². The zero-order valence-corrected chi connectivity index (χ0v) is 9.64. The molecule has 16 heavy (non-hydrogen) atoms. The number of para-hydroxylation sites is 1. The third-order valence-electron chi connectivity index (χ3n) is 2.29. The predicted octanol–water partition coefficient (Wildman–Crippen LogP) is 0.997. The van der Waals surface area contributed by atoms with Gasteiger partial charge in [0, 0.05) is 7.11 Å².